The van der Waals surface area contributed by atoms with Crippen molar-refractivity contribution in [2.75, 3.05) is 13.6 Å². The van der Waals surface area contributed by atoms with Crippen LogP contribution in [0.1, 0.15) is 40.7 Å². The molecule has 25 heavy (non-hydrogen) atoms. The molecule has 0 fully saturated rings. The van der Waals surface area contributed by atoms with E-state index in [1.807, 2.05) is 48.5 Å². The lowest BCUT2D eigenvalue weighted by atomic mass is 9.95. The molecule has 4 heteroatoms. The third-order valence-corrected chi connectivity index (χ3v) is 4.61. The Morgan fingerprint density at radius 2 is 2.04 bits per heavy atom. The maximum atomic E-state index is 12.5. The second-order valence-corrected chi connectivity index (χ2v) is 7.21. The molecule has 0 heterocycles. The van der Waals surface area contributed by atoms with E-state index in [1.165, 1.54) is 5.56 Å². The Hall–Kier alpha value is -1.75. The predicted molar refractivity (Wildman–Crippen MR) is 108 cm³/mol. The molecule has 0 bridgehead atoms. The standard InChI is InChI=1S/C21H25BrN2O/c1-4-7-16(2)18-9-6-10-19(13-18)21(25)15-24(3)23-14-17-8-5-11-20(22)12-17/h4-6,8-13,16,23H,1,7,14-15H2,2-3H3. The van der Waals surface area contributed by atoms with Crippen LogP contribution in [0.4, 0.5) is 0 Å². The Morgan fingerprint density at radius 3 is 2.76 bits per heavy atom. The summed E-state index contributed by atoms with van der Waals surface area (Å²) in [4.78, 5) is 12.5. The molecule has 1 N–H and O–H groups in total. The SMILES string of the molecule is C=CCC(C)c1cccc(C(=O)CN(C)NCc2cccc(Br)c2)c1. The van der Waals surface area contributed by atoms with Crippen molar-refractivity contribution in [1.82, 2.24) is 10.4 Å². The van der Waals surface area contributed by atoms with Crippen molar-refractivity contribution in [2.24, 2.45) is 0 Å². The molecule has 2 aromatic carbocycles. The van der Waals surface area contributed by atoms with Gasteiger partial charge in [-0.25, -0.2) is 5.01 Å². The van der Waals surface area contributed by atoms with Gasteiger partial charge in [0, 0.05) is 23.6 Å². The number of nitrogens with zero attached hydrogens (tertiary/aromatic N) is 1. The van der Waals surface area contributed by atoms with E-state index in [0.717, 1.165) is 22.0 Å². The first-order valence-electron chi connectivity index (χ1n) is 8.42. The molecule has 3 nitrogen and oxygen atoms in total. The number of carbonyl (C=O) groups is 1. The van der Waals surface area contributed by atoms with Crippen molar-refractivity contribution in [3.63, 3.8) is 0 Å². The van der Waals surface area contributed by atoms with Gasteiger partial charge in [-0.05, 0) is 41.7 Å². The summed E-state index contributed by atoms with van der Waals surface area (Å²) in [5.41, 5.74) is 6.35. The highest BCUT2D eigenvalue weighted by atomic mass is 79.9. The second kappa shape index (κ2) is 9.66. The fourth-order valence-corrected chi connectivity index (χ4v) is 3.09. The van der Waals surface area contributed by atoms with Crippen LogP contribution in [0.25, 0.3) is 0 Å². The van der Waals surface area contributed by atoms with Crippen LogP contribution in [0.3, 0.4) is 0 Å². The number of rotatable bonds is 9. The summed E-state index contributed by atoms with van der Waals surface area (Å²) < 4.78 is 1.05. The highest BCUT2D eigenvalue weighted by molar-refractivity contribution is 9.10. The summed E-state index contributed by atoms with van der Waals surface area (Å²) in [7, 11) is 1.89. The maximum Gasteiger partial charge on any atom is 0.178 e. The number of halogens is 1. The molecule has 0 saturated carbocycles. The van der Waals surface area contributed by atoms with E-state index < -0.39 is 0 Å². The summed E-state index contributed by atoms with van der Waals surface area (Å²) >= 11 is 3.47. The van der Waals surface area contributed by atoms with Crippen LogP contribution in [0.5, 0.6) is 0 Å². The van der Waals surface area contributed by atoms with E-state index in [4.69, 9.17) is 0 Å². The van der Waals surface area contributed by atoms with Crippen molar-refractivity contribution >= 4 is 21.7 Å². The summed E-state index contributed by atoms with van der Waals surface area (Å²) in [6, 6.07) is 16.0. The Morgan fingerprint density at radius 1 is 1.28 bits per heavy atom. The molecule has 2 aromatic rings. The lowest BCUT2D eigenvalue weighted by Gasteiger charge is -2.18. The van der Waals surface area contributed by atoms with Gasteiger partial charge < -0.3 is 0 Å². The lowest BCUT2D eigenvalue weighted by Crippen LogP contribution is -2.37. The number of nitrogens with one attached hydrogen (secondary N) is 1. The first-order chi connectivity index (χ1) is 12.0. The molecule has 132 valence electrons. The number of hydrogen-bond donors (Lipinski definition) is 1. The molecule has 1 atom stereocenters. The molecular weight excluding hydrogens is 376 g/mol. The minimum Gasteiger partial charge on any atom is -0.293 e. The van der Waals surface area contributed by atoms with E-state index >= 15 is 0 Å². The number of carbonyl (C=O) groups excluding carboxylic acids is 1. The topological polar surface area (TPSA) is 32.3 Å². The summed E-state index contributed by atoms with van der Waals surface area (Å²) in [6.07, 6.45) is 2.82. The van der Waals surface area contributed by atoms with Crippen molar-refractivity contribution in [3.8, 4) is 0 Å². The van der Waals surface area contributed by atoms with Gasteiger partial charge in [-0.1, -0.05) is 59.3 Å². The largest absolute Gasteiger partial charge is 0.293 e. The molecule has 0 radical (unpaired) electrons. The van der Waals surface area contributed by atoms with Crippen LogP contribution in [0.2, 0.25) is 0 Å². The second-order valence-electron chi connectivity index (χ2n) is 6.29. The predicted octanol–water partition coefficient (Wildman–Crippen LogP) is 4.95. The zero-order valence-electron chi connectivity index (χ0n) is 14.8. The lowest BCUT2D eigenvalue weighted by molar-refractivity contribution is 0.0911. The fraction of sp³-hybridized carbons (Fsp3) is 0.286. The molecule has 0 saturated heterocycles. The molecule has 2 rings (SSSR count). The monoisotopic (exact) mass is 400 g/mol. The van der Waals surface area contributed by atoms with E-state index in [1.54, 1.807) is 0 Å². The molecular formula is C21H25BrN2O. The molecule has 0 amide bonds. The number of allylic oxidation sites excluding steroid dienone is 1. The van der Waals surface area contributed by atoms with Gasteiger partial charge in [-0.3, -0.25) is 10.2 Å². The van der Waals surface area contributed by atoms with Gasteiger partial charge in [-0.2, -0.15) is 0 Å². The minimum atomic E-state index is 0.108. The van der Waals surface area contributed by atoms with Crippen LogP contribution in [-0.4, -0.2) is 24.4 Å². The van der Waals surface area contributed by atoms with Gasteiger partial charge in [-0.15, -0.1) is 6.58 Å². The van der Waals surface area contributed by atoms with E-state index in [-0.39, 0.29) is 5.78 Å². The summed E-state index contributed by atoms with van der Waals surface area (Å²) in [5.74, 6) is 0.481. The van der Waals surface area contributed by atoms with Gasteiger partial charge in [0.25, 0.3) is 0 Å². The van der Waals surface area contributed by atoms with Gasteiger partial charge in [0.15, 0.2) is 5.78 Å². The van der Waals surface area contributed by atoms with Gasteiger partial charge >= 0.3 is 0 Å². The Bertz CT molecular complexity index is 729. The normalized spacial score (nSPS) is 12.2. The minimum absolute atomic E-state index is 0.108. The average Bonchev–Trinajstić information content (AvgIpc) is 2.60. The molecule has 0 aromatic heterocycles. The van der Waals surface area contributed by atoms with Gasteiger partial charge in [0.2, 0.25) is 0 Å². The van der Waals surface area contributed by atoms with E-state index in [9.17, 15) is 4.79 Å². The first-order valence-corrected chi connectivity index (χ1v) is 9.22. The zero-order chi connectivity index (χ0) is 18.2. The zero-order valence-corrected chi connectivity index (χ0v) is 16.4. The van der Waals surface area contributed by atoms with Crippen molar-refractivity contribution in [2.45, 2.75) is 25.8 Å². The molecule has 1 unspecified atom stereocenters. The van der Waals surface area contributed by atoms with Crippen molar-refractivity contribution in [1.29, 1.82) is 0 Å². The molecule has 0 aliphatic heterocycles. The van der Waals surface area contributed by atoms with Gasteiger partial charge in [0.1, 0.15) is 0 Å². The van der Waals surface area contributed by atoms with Crippen LogP contribution in [0, 0.1) is 0 Å². The number of Topliss-reactive ketones (excluding diaryl/α,β-unsaturated/α-hetero) is 1. The number of likely N-dealkylation sites (N-methyl/N-ethyl adjacent to an activating group) is 1. The summed E-state index contributed by atoms with van der Waals surface area (Å²) in [6.45, 7) is 6.95. The van der Waals surface area contributed by atoms with Crippen LogP contribution in [0.15, 0.2) is 65.7 Å². The number of ketones is 1. The Labute approximate surface area is 158 Å². The highest BCUT2D eigenvalue weighted by Gasteiger charge is 2.11. The smallest absolute Gasteiger partial charge is 0.178 e. The Kier molecular flexibility index (Phi) is 7.56. The van der Waals surface area contributed by atoms with Crippen molar-refractivity contribution in [3.05, 3.63) is 82.3 Å². The molecule has 0 aliphatic carbocycles. The molecule has 0 aliphatic rings. The Balaban J connectivity index is 1.92. The van der Waals surface area contributed by atoms with Crippen LogP contribution < -0.4 is 5.43 Å². The van der Waals surface area contributed by atoms with Crippen LogP contribution >= 0.6 is 15.9 Å². The molecule has 0 spiro atoms. The van der Waals surface area contributed by atoms with Gasteiger partial charge in [0.05, 0.1) is 6.54 Å². The average molecular weight is 401 g/mol. The number of hydrazine groups is 1. The summed E-state index contributed by atoms with van der Waals surface area (Å²) in [5, 5.41) is 1.84. The van der Waals surface area contributed by atoms with E-state index in [2.05, 4.69) is 53.1 Å². The number of hydrogen-bond acceptors (Lipinski definition) is 3. The fourth-order valence-electron chi connectivity index (χ4n) is 2.64. The van der Waals surface area contributed by atoms with E-state index in [0.29, 0.717) is 19.0 Å². The first kappa shape index (κ1) is 19.6. The van der Waals surface area contributed by atoms with Crippen LogP contribution in [-0.2, 0) is 6.54 Å². The quantitative estimate of drug-likeness (QED) is 0.367. The maximum absolute atomic E-state index is 12.5. The number of benzene rings is 2. The highest BCUT2D eigenvalue weighted by Crippen LogP contribution is 2.20. The van der Waals surface area contributed by atoms with Crippen molar-refractivity contribution < 1.29 is 4.79 Å². The third-order valence-electron chi connectivity index (χ3n) is 4.12. The third kappa shape index (κ3) is 6.24.